The maximum Gasteiger partial charge on any atom is 0.358 e. The molecule has 2 heterocycles. The molecule has 4 rings (SSSR count). The Balaban J connectivity index is 1.49. The van der Waals surface area contributed by atoms with Gasteiger partial charge in [0.1, 0.15) is 24.0 Å². The van der Waals surface area contributed by atoms with Gasteiger partial charge in [-0.15, -0.1) is 0 Å². The average molecular weight is 431 g/mol. The van der Waals surface area contributed by atoms with E-state index in [1.54, 1.807) is 48.7 Å². The van der Waals surface area contributed by atoms with Crippen molar-refractivity contribution in [2.24, 2.45) is 0 Å². The number of fused-ring (bicyclic) bond motifs is 1. The molecule has 0 aliphatic carbocycles. The van der Waals surface area contributed by atoms with Crippen LogP contribution in [0.5, 0.6) is 5.75 Å². The fourth-order valence-corrected chi connectivity index (χ4v) is 3.07. The number of rotatable bonds is 7. The number of anilines is 2. The number of esters is 1. The molecule has 0 saturated heterocycles. The summed E-state index contributed by atoms with van der Waals surface area (Å²) in [5.74, 6) is 0.895. The quantitative estimate of drug-likeness (QED) is 0.262. The summed E-state index contributed by atoms with van der Waals surface area (Å²) < 4.78 is 10.5. The SMILES string of the molecule is COC(=O)c1cnc(Nc2cc(COc3ccc([N+](=O)[O-])c4ccccc34)ccn2)cn1. The Hall–Kier alpha value is -4.60. The molecule has 10 nitrogen and oxygen atoms in total. The van der Waals surface area contributed by atoms with Gasteiger partial charge in [0.15, 0.2) is 5.69 Å². The molecule has 10 heteroatoms. The standard InChI is InChI=1S/C22H17N5O5/c1-31-22(28)17-11-25-21(12-24-17)26-20-10-14(8-9-23-20)13-32-19-7-6-18(27(29)30)15-4-2-3-5-16(15)19/h2-12H,13H2,1H3,(H,23,25,26). The summed E-state index contributed by atoms with van der Waals surface area (Å²) >= 11 is 0. The number of methoxy groups -OCH3 is 1. The van der Waals surface area contributed by atoms with Crippen LogP contribution in [0.15, 0.2) is 67.1 Å². The predicted octanol–water partition coefficient (Wildman–Crippen LogP) is 4.04. The number of nitrogens with zero attached hydrogens (tertiary/aromatic N) is 4. The molecule has 2 aromatic carbocycles. The molecule has 2 aromatic heterocycles. The van der Waals surface area contributed by atoms with Gasteiger partial charge in [-0.05, 0) is 29.8 Å². The molecule has 0 fully saturated rings. The molecule has 0 amide bonds. The molecular formula is C22H17N5O5. The van der Waals surface area contributed by atoms with Crippen molar-refractivity contribution >= 4 is 34.1 Å². The van der Waals surface area contributed by atoms with Crippen LogP contribution in [0.3, 0.4) is 0 Å². The summed E-state index contributed by atoms with van der Waals surface area (Å²) in [6.45, 7) is 0.228. The maximum atomic E-state index is 11.4. The Morgan fingerprint density at radius 3 is 2.56 bits per heavy atom. The highest BCUT2D eigenvalue weighted by atomic mass is 16.6. The molecule has 0 aliphatic rings. The number of nitrogens with one attached hydrogen (secondary N) is 1. The largest absolute Gasteiger partial charge is 0.488 e. The van der Waals surface area contributed by atoms with E-state index in [1.807, 2.05) is 0 Å². The lowest BCUT2D eigenvalue weighted by molar-refractivity contribution is -0.383. The summed E-state index contributed by atoms with van der Waals surface area (Å²) in [5, 5.41) is 15.5. The van der Waals surface area contributed by atoms with Gasteiger partial charge in [0.2, 0.25) is 0 Å². The molecule has 0 aliphatic heterocycles. The molecule has 0 saturated carbocycles. The topological polar surface area (TPSA) is 129 Å². The normalized spacial score (nSPS) is 10.5. The van der Waals surface area contributed by atoms with Crippen molar-refractivity contribution < 1.29 is 19.2 Å². The molecule has 160 valence electrons. The number of hydrogen-bond acceptors (Lipinski definition) is 9. The van der Waals surface area contributed by atoms with E-state index in [4.69, 9.17) is 4.74 Å². The number of pyridine rings is 1. The van der Waals surface area contributed by atoms with E-state index in [-0.39, 0.29) is 18.0 Å². The molecular weight excluding hydrogens is 414 g/mol. The predicted molar refractivity (Wildman–Crippen MR) is 116 cm³/mol. The Morgan fingerprint density at radius 2 is 1.84 bits per heavy atom. The summed E-state index contributed by atoms with van der Waals surface area (Å²) in [6, 6.07) is 13.6. The van der Waals surface area contributed by atoms with Crippen LogP contribution in [-0.4, -0.2) is 33.0 Å². The number of carbonyl (C=O) groups excluding carboxylic acids is 1. The van der Waals surface area contributed by atoms with E-state index < -0.39 is 10.9 Å². The third kappa shape index (κ3) is 4.43. The number of benzene rings is 2. The molecule has 1 N–H and O–H groups in total. The van der Waals surface area contributed by atoms with Gasteiger partial charge >= 0.3 is 5.97 Å². The van der Waals surface area contributed by atoms with Crippen LogP contribution < -0.4 is 10.1 Å². The fraction of sp³-hybridized carbons (Fsp3) is 0.0909. The molecule has 0 spiro atoms. The second-order valence-corrected chi connectivity index (χ2v) is 6.63. The van der Waals surface area contributed by atoms with E-state index in [1.165, 1.54) is 25.6 Å². The zero-order valence-electron chi connectivity index (χ0n) is 16.9. The maximum absolute atomic E-state index is 11.4. The second-order valence-electron chi connectivity index (χ2n) is 6.63. The summed E-state index contributed by atoms with van der Waals surface area (Å²) in [6.07, 6.45) is 4.33. The number of nitro benzene ring substituents is 1. The van der Waals surface area contributed by atoms with Crippen LogP contribution in [0.1, 0.15) is 16.1 Å². The van der Waals surface area contributed by atoms with Crippen molar-refractivity contribution in [3.05, 3.63) is 88.5 Å². The van der Waals surface area contributed by atoms with Gasteiger partial charge in [-0.3, -0.25) is 10.1 Å². The minimum atomic E-state index is -0.569. The Morgan fingerprint density at radius 1 is 1.03 bits per heavy atom. The molecule has 32 heavy (non-hydrogen) atoms. The van der Waals surface area contributed by atoms with Gasteiger partial charge in [-0.25, -0.2) is 19.7 Å². The lowest BCUT2D eigenvalue weighted by Crippen LogP contribution is -2.06. The van der Waals surface area contributed by atoms with Crippen LogP contribution in [0.25, 0.3) is 10.8 Å². The fourth-order valence-electron chi connectivity index (χ4n) is 3.07. The van der Waals surface area contributed by atoms with Crippen LogP contribution in [-0.2, 0) is 11.3 Å². The monoisotopic (exact) mass is 431 g/mol. The molecule has 0 atom stereocenters. The number of nitro groups is 1. The second kappa shape index (κ2) is 9.04. The van der Waals surface area contributed by atoms with Crippen molar-refractivity contribution in [1.29, 1.82) is 0 Å². The summed E-state index contributed by atoms with van der Waals surface area (Å²) in [7, 11) is 1.27. The van der Waals surface area contributed by atoms with Gasteiger partial charge < -0.3 is 14.8 Å². The van der Waals surface area contributed by atoms with E-state index in [9.17, 15) is 14.9 Å². The van der Waals surface area contributed by atoms with Crippen molar-refractivity contribution in [3.8, 4) is 5.75 Å². The lowest BCUT2D eigenvalue weighted by Gasteiger charge is -2.11. The van der Waals surface area contributed by atoms with E-state index in [0.29, 0.717) is 28.2 Å². The van der Waals surface area contributed by atoms with Crippen LogP contribution in [0.2, 0.25) is 0 Å². The third-order valence-electron chi connectivity index (χ3n) is 4.58. The van der Waals surface area contributed by atoms with Gasteiger partial charge in [0.25, 0.3) is 5.69 Å². The van der Waals surface area contributed by atoms with Crippen LogP contribution >= 0.6 is 0 Å². The Labute approximate surface area is 182 Å². The number of carbonyl (C=O) groups is 1. The summed E-state index contributed by atoms with van der Waals surface area (Å²) in [5.41, 5.74) is 0.954. The van der Waals surface area contributed by atoms with Crippen molar-refractivity contribution in [3.63, 3.8) is 0 Å². The molecule has 0 radical (unpaired) electrons. The highest BCUT2D eigenvalue weighted by molar-refractivity contribution is 5.95. The minimum Gasteiger partial charge on any atom is -0.488 e. The number of hydrogen-bond donors (Lipinski definition) is 1. The lowest BCUT2D eigenvalue weighted by atomic mass is 10.1. The third-order valence-corrected chi connectivity index (χ3v) is 4.58. The van der Waals surface area contributed by atoms with E-state index in [0.717, 1.165) is 5.56 Å². The van der Waals surface area contributed by atoms with E-state index in [2.05, 4.69) is 25.0 Å². The van der Waals surface area contributed by atoms with Gasteiger partial charge in [0.05, 0.1) is 29.8 Å². The highest BCUT2D eigenvalue weighted by Gasteiger charge is 2.14. The minimum absolute atomic E-state index is 0.0303. The molecule has 0 unspecified atom stereocenters. The Bertz CT molecular complexity index is 1290. The van der Waals surface area contributed by atoms with Gasteiger partial charge in [-0.1, -0.05) is 18.2 Å². The first-order valence-corrected chi connectivity index (χ1v) is 9.46. The zero-order chi connectivity index (χ0) is 22.5. The molecule has 4 aromatic rings. The highest BCUT2D eigenvalue weighted by Crippen LogP contribution is 2.33. The van der Waals surface area contributed by atoms with Gasteiger partial charge in [0, 0.05) is 17.6 Å². The first kappa shape index (κ1) is 20.7. The van der Waals surface area contributed by atoms with Crippen LogP contribution in [0.4, 0.5) is 17.3 Å². The van der Waals surface area contributed by atoms with Crippen molar-refractivity contribution in [2.75, 3.05) is 12.4 Å². The number of ether oxygens (including phenoxy) is 2. The smallest absolute Gasteiger partial charge is 0.358 e. The van der Waals surface area contributed by atoms with Crippen molar-refractivity contribution in [2.45, 2.75) is 6.61 Å². The van der Waals surface area contributed by atoms with E-state index >= 15 is 0 Å². The van der Waals surface area contributed by atoms with Gasteiger partial charge in [-0.2, -0.15) is 0 Å². The first-order valence-electron chi connectivity index (χ1n) is 9.46. The number of non-ortho nitro benzene ring substituents is 1. The Kier molecular flexibility index (Phi) is 5.84. The molecule has 0 bridgehead atoms. The summed E-state index contributed by atoms with van der Waals surface area (Å²) in [4.78, 5) is 34.7. The number of aromatic nitrogens is 3. The first-order chi connectivity index (χ1) is 15.5. The zero-order valence-corrected chi connectivity index (χ0v) is 16.9. The average Bonchev–Trinajstić information content (AvgIpc) is 2.82. The van der Waals surface area contributed by atoms with Crippen molar-refractivity contribution in [1.82, 2.24) is 15.0 Å². The van der Waals surface area contributed by atoms with Crippen LogP contribution in [0, 0.1) is 10.1 Å².